The molecule has 0 bridgehead atoms. The first-order chi connectivity index (χ1) is 16.1. The largest absolute Gasteiger partial charge is 0.352 e. The molecule has 1 aliphatic heterocycles. The van der Waals surface area contributed by atoms with E-state index in [0.717, 1.165) is 17.7 Å². The Morgan fingerprint density at radius 3 is 2.64 bits per heavy atom. The van der Waals surface area contributed by atoms with Crippen molar-refractivity contribution in [3.63, 3.8) is 0 Å². The molecular weight excluding hydrogens is 436 g/mol. The van der Waals surface area contributed by atoms with Crippen LogP contribution in [0.5, 0.6) is 0 Å². The smallest absolute Gasteiger partial charge is 0.226 e. The average Bonchev–Trinajstić information content (AvgIpc) is 3.29. The van der Waals surface area contributed by atoms with E-state index >= 15 is 0 Å². The summed E-state index contributed by atoms with van der Waals surface area (Å²) in [6.07, 6.45) is 5.57. The van der Waals surface area contributed by atoms with Crippen LogP contribution in [0.2, 0.25) is 5.02 Å². The van der Waals surface area contributed by atoms with Crippen LogP contribution in [0.3, 0.4) is 0 Å². The number of nitrogens with one attached hydrogen (secondary N) is 1. The standard InChI is InChI=1S/C26H31ClN4O2/c1-19-5-2-3-16-31(19)18-21-10-8-20(9-11-21)17-28-24(32)6-4-7-25-29-26(30-33-25)22-12-14-23(27)15-13-22/h8-15,19H,2-7,16-18H2,1H3,(H,28,32). The van der Waals surface area contributed by atoms with Gasteiger partial charge in [0, 0.05) is 42.6 Å². The molecule has 1 atom stereocenters. The lowest BCUT2D eigenvalue weighted by Gasteiger charge is -2.33. The van der Waals surface area contributed by atoms with Crippen molar-refractivity contribution < 1.29 is 9.32 Å². The predicted molar refractivity (Wildman–Crippen MR) is 130 cm³/mol. The van der Waals surface area contributed by atoms with Crippen molar-refractivity contribution in [3.8, 4) is 11.4 Å². The molecule has 7 heteroatoms. The maximum absolute atomic E-state index is 12.2. The van der Waals surface area contributed by atoms with Gasteiger partial charge in [-0.05, 0) is 68.1 Å². The van der Waals surface area contributed by atoms with Crippen LogP contribution >= 0.6 is 11.6 Å². The number of halogens is 1. The van der Waals surface area contributed by atoms with Gasteiger partial charge in [-0.2, -0.15) is 4.98 Å². The molecule has 3 aromatic rings. The summed E-state index contributed by atoms with van der Waals surface area (Å²) < 4.78 is 5.30. The van der Waals surface area contributed by atoms with E-state index in [1.807, 2.05) is 12.1 Å². The minimum Gasteiger partial charge on any atom is -0.352 e. The van der Waals surface area contributed by atoms with Gasteiger partial charge in [0.1, 0.15) is 0 Å². The zero-order chi connectivity index (χ0) is 23.0. The Balaban J connectivity index is 1.16. The van der Waals surface area contributed by atoms with Gasteiger partial charge in [-0.3, -0.25) is 9.69 Å². The highest BCUT2D eigenvalue weighted by Crippen LogP contribution is 2.20. The van der Waals surface area contributed by atoms with Crippen molar-refractivity contribution in [2.24, 2.45) is 0 Å². The maximum atomic E-state index is 12.2. The second-order valence-electron chi connectivity index (χ2n) is 8.78. The topological polar surface area (TPSA) is 71.3 Å². The van der Waals surface area contributed by atoms with Crippen LogP contribution in [0.1, 0.15) is 56.0 Å². The first-order valence-electron chi connectivity index (χ1n) is 11.7. The Morgan fingerprint density at radius 2 is 1.88 bits per heavy atom. The quantitative estimate of drug-likeness (QED) is 0.457. The molecule has 0 spiro atoms. The van der Waals surface area contributed by atoms with E-state index in [-0.39, 0.29) is 5.91 Å². The highest BCUT2D eigenvalue weighted by atomic mass is 35.5. The van der Waals surface area contributed by atoms with Gasteiger partial charge in [-0.25, -0.2) is 0 Å². The average molecular weight is 467 g/mol. The van der Waals surface area contributed by atoms with Crippen molar-refractivity contribution in [1.82, 2.24) is 20.4 Å². The third-order valence-corrected chi connectivity index (χ3v) is 6.46. The minimum absolute atomic E-state index is 0.0265. The number of benzene rings is 2. The summed E-state index contributed by atoms with van der Waals surface area (Å²) in [6, 6.07) is 16.5. The van der Waals surface area contributed by atoms with E-state index in [0.29, 0.717) is 48.6 Å². The fourth-order valence-corrected chi connectivity index (χ4v) is 4.28. The molecule has 4 rings (SSSR count). The number of likely N-dealkylation sites (tertiary alicyclic amines) is 1. The molecule has 33 heavy (non-hydrogen) atoms. The van der Waals surface area contributed by atoms with E-state index in [4.69, 9.17) is 16.1 Å². The van der Waals surface area contributed by atoms with Gasteiger partial charge < -0.3 is 9.84 Å². The molecular formula is C26H31ClN4O2. The predicted octanol–water partition coefficient (Wildman–Crippen LogP) is 5.40. The van der Waals surface area contributed by atoms with E-state index in [9.17, 15) is 4.79 Å². The number of hydrogen-bond donors (Lipinski definition) is 1. The second kappa shape index (κ2) is 11.4. The summed E-state index contributed by atoms with van der Waals surface area (Å²) in [7, 11) is 0. The summed E-state index contributed by atoms with van der Waals surface area (Å²) in [5.41, 5.74) is 3.29. The summed E-state index contributed by atoms with van der Waals surface area (Å²) in [6.45, 7) is 5.05. The van der Waals surface area contributed by atoms with Gasteiger partial charge in [0.15, 0.2) is 0 Å². The number of nitrogens with zero attached hydrogens (tertiary/aromatic N) is 3. The van der Waals surface area contributed by atoms with Gasteiger partial charge in [-0.15, -0.1) is 0 Å². The molecule has 1 unspecified atom stereocenters. The normalized spacial score (nSPS) is 16.6. The molecule has 1 fully saturated rings. The van der Waals surface area contributed by atoms with Crippen molar-refractivity contribution in [3.05, 3.63) is 70.6 Å². The number of aromatic nitrogens is 2. The van der Waals surface area contributed by atoms with Crippen LogP contribution in [0.4, 0.5) is 0 Å². The zero-order valence-corrected chi connectivity index (χ0v) is 19.9. The van der Waals surface area contributed by atoms with Crippen molar-refractivity contribution in [2.75, 3.05) is 6.54 Å². The molecule has 174 valence electrons. The molecule has 0 radical (unpaired) electrons. The molecule has 1 amide bonds. The van der Waals surface area contributed by atoms with Crippen LogP contribution < -0.4 is 5.32 Å². The molecule has 1 N–H and O–H groups in total. The molecule has 0 aliphatic carbocycles. The molecule has 6 nitrogen and oxygen atoms in total. The minimum atomic E-state index is 0.0265. The number of hydrogen-bond acceptors (Lipinski definition) is 5. The molecule has 0 saturated carbocycles. The van der Waals surface area contributed by atoms with Crippen LogP contribution in [0.15, 0.2) is 53.1 Å². The molecule has 2 heterocycles. The van der Waals surface area contributed by atoms with Crippen LogP contribution in [0, 0.1) is 0 Å². The van der Waals surface area contributed by atoms with Gasteiger partial charge in [0.05, 0.1) is 0 Å². The number of piperidine rings is 1. The molecule has 1 aliphatic rings. The summed E-state index contributed by atoms with van der Waals surface area (Å²) in [4.78, 5) is 19.2. The third-order valence-electron chi connectivity index (χ3n) is 6.20. The summed E-state index contributed by atoms with van der Waals surface area (Å²) in [5.74, 6) is 1.09. The Labute approximate surface area is 200 Å². The highest BCUT2D eigenvalue weighted by molar-refractivity contribution is 6.30. The SMILES string of the molecule is CC1CCCCN1Cc1ccc(CNC(=O)CCCc2nc(-c3ccc(Cl)cc3)no2)cc1. The summed E-state index contributed by atoms with van der Waals surface area (Å²) in [5, 5.41) is 7.67. The number of aryl methyl sites for hydroxylation is 1. The van der Waals surface area contributed by atoms with Crippen LogP contribution in [-0.2, 0) is 24.3 Å². The van der Waals surface area contributed by atoms with Gasteiger partial charge in [0.2, 0.25) is 17.6 Å². The Kier molecular flexibility index (Phi) is 8.13. The van der Waals surface area contributed by atoms with E-state index < -0.39 is 0 Å². The lowest BCUT2D eigenvalue weighted by molar-refractivity contribution is -0.121. The maximum Gasteiger partial charge on any atom is 0.226 e. The first kappa shape index (κ1) is 23.5. The number of carbonyl (C=O) groups is 1. The second-order valence-corrected chi connectivity index (χ2v) is 9.22. The van der Waals surface area contributed by atoms with Gasteiger partial charge >= 0.3 is 0 Å². The molecule has 2 aromatic carbocycles. The number of amides is 1. The number of rotatable bonds is 9. The van der Waals surface area contributed by atoms with E-state index in [1.165, 1.54) is 31.4 Å². The lowest BCUT2D eigenvalue weighted by Crippen LogP contribution is -2.36. The lowest BCUT2D eigenvalue weighted by atomic mass is 10.0. The van der Waals surface area contributed by atoms with Gasteiger partial charge in [-0.1, -0.05) is 47.4 Å². The molecule has 1 saturated heterocycles. The van der Waals surface area contributed by atoms with Crippen LogP contribution in [-0.4, -0.2) is 33.5 Å². The highest BCUT2D eigenvalue weighted by Gasteiger charge is 2.18. The van der Waals surface area contributed by atoms with Crippen molar-refractivity contribution in [2.45, 2.75) is 64.6 Å². The summed E-state index contributed by atoms with van der Waals surface area (Å²) >= 11 is 5.91. The zero-order valence-electron chi connectivity index (χ0n) is 19.1. The van der Waals surface area contributed by atoms with Crippen molar-refractivity contribution >= 4 is 17.5 Å². The van der Waals surface area contributed by atoms with E-state index in [2.05, 4.69) is 51.5 Å². The third kappa shape index (κ3) is 6.89. The Morgan fingerprint density at radius 1 is 1.12 bits per heavy atom. The first-order valence-corrected chi connectivity index (χ1v) is 12.1. The number of carbonyl (C=O) groups excluding carboxylic acids is 1. The molecule has 1 aromatic heterocycles. The fraction of sp³-hybridized carbons (Fsp3) is 0.423. The Bertz CT molecular complexity index is 1030. The van der Waals surface area contributed by atoms with Gasteiger partial charge in [0.25, 0.3) is 0 Å². The fourth-order valence-electron chi connectivity index (χ4n) is 4.15. The van der Waals surface area contributed by atoms with E-state index in [1.54, 1.807) is 12.1 Å². The van der Waals surface area contributed by atoms with Crippen molar-refractivity contribution in [1.29, 1.82) is 0 Å². The Hall–Kier alpha value is -2.70. The monoisotopic (exact) mass is 466 g/mol. The van der Waals surface area contributed by atoms with Crippen LogP contribution in [0.25, 0.3) is 11.4 Å².